The molecule has 0 heterocycles. The van der Waals surface area contributed by atoms with Gasteiger partial charge in [0.25, 0.3) is 0 Å². The van der Waals surface area contributed by atoms with Crippen LogP contribution in [0.2, 0.25) is 0 Å². The quantitative estimate of drug-likeness (QED) is 0.421. The maximum absolute atomic E-state index is 10.6. The zero-order valence-electron chi connectivity index (χ0n) is 5.96. The molecule has 0 amide bonds. The highest BCUT2D eigenvalue weighted by molar-refractivity contribution is 5.82. The lowest BCUT2D eigenvalue weighted by atomic mass is 10.5. The third-order valence-corrected chi connectivity index (χ3v) is 0.733. The van der Waals surface area contributed by atoms with Gasteiger partial charge in [-0.05, 0) is 6.42 Å². The van der Waals surface area contributed by atoms with Gasteiger partial charge in [-0.1, -0.05) is 6.92 Å². The lowest BCUT2D eigenvalue weighted by molar-refractivity contribution is -0.137. The summed E-state index contributed by atoms with van der Waals surface area (Å²) in [4.78, 5) is 10.6. The van der Waals surface area contributed by atoms with E-state index in [9.17, 15) is 4.79 Å². The summed E-state index contributed by atoms with van der Waals surface area (Å²) >= 11 is 0. The largest absolute Gasteiger partial charge is 0.462 e. The fourth-order valence-electron chi connectivity index (χ4n) is 0.380. The third-order valence-electron chi connectivity index (χ3n) is 0.733. The van der Waals surface area contributed by atoms with Crippen molar-refractivity contribution in [3.8, 4) is 0 Å². The van der Waals surface area contributed by atoms with E-state index in [1.165, 1.54) is 0 Å². The summed E-state index contributed by atoms with van der Waals surface area (Å²) in [5, 5.41) is 0. The molecule has 4 heteroatoms. The van der Waals surface area contributed by atoms with Crippen LogP contribution in [0.5, 0.6) is 0 Å². The van der Waals surface area contributed by atoms with Crippen LogP contribution in [-0.4, -0.2) is 12.6 Å². The SMILES string of the molecule is CCCOC(=O)C=C(N)N. The average Bonchev–Trinajstić information content (AvgIpc) is 1.82. The van der Waals surface area contributed by atoms with Crippen molar-refractivity contribution < 1.29 is 9.53 Å². The molecule has 4 N–H and O–H groups in total. The molecule has 0 saturated heterocycles. The number of esters is 1. The molecule has 0 fully saturated rings. The Labute approximate surface area is 59.8 Å². The Kier molecular flexibility index (Phi) is 4.11. The Bertz CT molecular complexity index is 139. The predicted molar refractivity (Wildman–Crippen MR) is 37.7 cm³/mol. The molecule has 0 unspecified atom stereocenters. The van der Waals surface area contributed by atoms with Crippen molar-refractivity contribution in [2.24, 2.45) is 11.5 Å². The second-order valence-electron chi connectivity index (χ2n) is 1.81. The van der Waals surface area contributed by atoms with Gasteiger partial charge in [-0.2, -0.15) is 0 Å². The zero-order valence-corrected chi connectivity index (χ0v) is 5.96. The normalized spacial score (nSPS) is 8.50. The van der Waals surface area contributed by atoms with Gasteiger partial charge in [-0.15, -0.1) is 0 Å². The van der Waals surface area contributed by atoms with Crippen molar-refractivity contribution in [2.75, 3.05) is 6.61 Å². The molecule has 0 aromatic heterocycles. The molecule has 4 nitrogen and oxygen atoms in total. The first kappa shape index (κ1) is 8.81. The molecule has 0 radical (unpaired) electrons. The minimum absolute atomic E-state index is 0.0268. The molecule has 0 aromatic carbocycles. The lowest BCUT2D eigenvalue weighted by Gasteiger charge is -1.97. The van der Waals surface area contributed by atoms with E-state index in [1.807, 2.05) is 6.92 Å². The van der Waals surface area contributed by atoms with Gasteiger partial charge in [-0.3, -0.25) is 0 Å². The van der Waals surface area contributed by atoms with Crippen molar-refractivity contribution in [3.63, 3.8) is 0 Å². The Balaban J connectivity index is 3.54. The van der Waals surface area contributed by atoms with Crippen molar-refractivity contribution >= 4 is 5.97 Å². The van der Waals surface area contributed by atoms with Crippen LogP contribution in [-0.2, 0) is 9.53 Å². The monoisotopic (exact) mass is 144 g/mol. The Hall–Kier alpha value is -1.19. The van der Waals surface area contributed by atoms with Gasteiger partial charge in [0.15, 0.2) is 0 Å². The van der Waals surface area contributed by atoms with Crippen molar-refractivity contribution in [3.05, 3.63) is 11.9 Å². The van der Waals surface area contributed by atoms with E-state index in [0.717, 1.165) is 12.5 Å². The van der Waals surface area contributed by atoms with Gasteiger partial charge in [0, 0.05) is 0 Å². The van der Waals surface area contributed by atoms with E-state index >= 15 is 0 Å². The van der Waals surface area contributed by atoms with Crippen LogP contribution in [0.25, 0.3) is 0 Å². The second-order valence-corrected chi connectivity index (χ2v) is 1.81. The van der Waals surface area contributed by atoms with Gasteiger partial charge in [0.05, 0.1) is 12.7 Å². The van der Waals surface area contributed by atoms with Gasteiger partial charge >= 0.3 is 5.97 Å². The molecular formula is C6H12N2O2. The fraction of sp³-hybridized carbons (Fsp3) is 0.500. The molecule has 0 saturated carbocycles. The summed E-state index contributed by atoms with van der Waals surface area (Å²) in [6.07, 6.45) is 1.85. The molecule has 0 atom stereocenters. The number of nitrogens with two attached hydrogens (primary N) is 2. The minimum atomic E-state index is -0.484. The van der Waals surface area contributed by atoms with Crippen LogP contribution in [0, 0.1) is 0 Å². The first-order valence-electron chi connectivity index (χ1n) is 3.06. The highest BCUT2D eigenvalue weighted by Gasteiger charge is 1.95. The summed E-state index contributed by atoms with van der Waals surface area (Å²) < 4.78 is 4.63. The summed E-state index contributed by atoms with van der Waals surface area (Å²) in [7, 11) is 0. The van der Waals surface area contributed by atoms with E-state index in [-0.39, 0.29) is 5.82 Å². The van der Waals surface area contributed by atoms with Crippen LogP contribution < -0.4 is 11.5 Å². The number of hydrogen-bond donors (Lipinski definition) is 2. The third kappa shape index (κ3) is 4.96. The van der Waals surface area contributed by atoms with Crippen molar-refractivity contribution in [1.29, 1.82) is 0 Å². The summed E-state index contributed by atoms with van der Waals surface area (Å²) in [6.45, 7) is 2.31. The molecule has 0 aromatic rings. The van der Waals surface area contributed by atoms with Crippen LogP contribution in [0.4, 0.5) is 0 Å². The van der Waals surface area contributed by atoms with Crippen LogP contribution in [0.1, 0.15) is 13.3 Å². The van der Waals surface area contributed by atoms with E-state index < -0.39 is 5.97 Å². The molecule has 0 spiro atoms. The summed E-state index contributed by atoms with van der Waals surface area (Å²) in [5.74, 6) is -0.511. The fourth-order valence-corrected chi connectivity index (χ4v) is 0.380. The van der Waals surface area contributed by atoms with Gasteiger partial charge < -0.3 is 16.2 Å². The lowest BCUT2D eigenvalue weighted by Crippen LogP contribution is -2.12. The maximum Gasteiger partial charge on any atom is 0.334 e. The highest BCUT2D eigenvalue weighted by atomic mass is 16.5. The topological polar surface area (TPSA) is 78.3 Å². The standard InChI is InChI=1S/C6H12N2O2/c1-2-3-10-6(9)4-5(7)8/h4H,2-3,7-8H2,1H3. The first-order valence-corrected chi connectivity index (χ1v) is 3.06. The van der Waals surface area contributed by atoms with Crippen molar-refractivity contribution in [2.45, 2.75) is 13.3 Å². The van der Waals surface area contributed by atoms with Crippen LogP contribution in [0.3, 0.4) is 0 Å². The van der Waals surface area contributed by atoms with Gasteiger partial charge in [0.1, 0.15) is 5.82 Å². The molecule has 10 heavy (non-hydrogen) atoms. The van der Waals surface area contributed by atoms with Crippen molar-refractivity contribution in [1.82, 2.24) is 0 Å². The summed E-state index contributed by atoms with van der Waals surface area (Å²) in [5.41, 5.74) is 10.0. The molecular weight excluding hydrogens is 132 g/mol. The molecule has 0 bridgehead atoms. The Morgan fingerprint density at radius 3 is 2.60 bits per heavy atom. The predicted octanol–water partition coefficient (Wildman–Crippen LogP) is -0.302. The smallest absolute Gasteiger partial charge is 0.334 e. The molecule has 0 aliphatic carbocycles. The zero-order chi connectivity index (χ0) is 7.98. The minimum Gasteiger partial charge on any atom is -0.462 e. The number of carbonyl (C=O) groups excluding carboxylic acids is 1. The highest BCUT2D eigenvalue weighted by Crippen LogP contribution is 1.84. The average molecular weight is 144 g/mol. The van der Waals surface area contributed by atoms with Crippen LogP contribution >= 0.6 is 0 Å². The molecule has 0 aliphatic heterocycles. The Morgan fingerprint density at radius 2 is 2.20 bits per heavy atom. The van der Waals surface area contributed by atoms with E-state index in [2.05, 4.69) is 4.74 Å². The van der Waals surface area contributed by atoms with E-state index in [4.69, 9.17) is 11.5 Å². The molecule has 58 valence electrons. The molecule has 0 aliphatic rings. The molecule has 0 rings (SSSR count). The van der Waals surface area contributed by atoms with Gasteiger partial charge in [0.2, 0.25) is 0 Å². The second kappa shape index (κ2) is 4.67. The van der Waals surface area contributed by atoms with E-state index in [1.54, 1.807) is 0 Å². The van der Waals surface area contributed by atoms with Gasteiger partial charge in [-0.25, -0.2) is 4.79 Å². The first-order chi connectivity index (χ1) is 4.66. The number of carbonyl (C=O) groups is 1. The number of rotatable bonds is 3. The van der Waals surface area contributed by atoms with Crippen LogP contribution in [0.15, 0.2) is 11.9 Å². The summed E-state index contributed by atoms with van der Waals surface area (Å²) in [6, 6.07) is 0. The Morgan fingerprint density at radius 1 is 1.60 bits per heavy atom. The van der Waals surface area contributed by atoms with E-state index in [0.29, 0.717) is 6.61 Å². The number of hydrogen-bond acceptors (Lipinski definition) is 4. The maximum atomic E-state index is 10.6. The number of ether oxygens (including phenoxy) is 1.